The smallest absolute Gasteiger partial charge is 0.224 e. The minimum Gasteiger partial charge on any atom is -0.394 e. The number of nitrogens with two attached hydrogens (primary N) is 6. The number of rotatable bonds is 0. The molecule has 0 radical (unpaired) electrons. The summed E-state index contributed by atoms with van der Waals surface area (Å²) in [5.41, 5.74) is 32.5. The van der Waals surface area contributed by atoms with E-state index in [4.69, 9.17) is 34.4 Å². The summed E-state index contributed by atoms with van der Waals surface area (Å²) < 4.78 is 1.52. The van der Waals surface area contributed by atoms with Gasteiger partial charge in [0.25, 0.3) is 0 Å². The molecule has 0 unspecified atom stereocenters. The van der Waals surface area contributed by atoms with Gasteiger partial charge in [-0.05, 0) is 0 Å². The number of anilines is 6. The third-order valence-electron chi connectivity index (χ3n) is 2.04. The van der Waals surface area contributed by atoms with Crippen LogP contribution >= 0.6 is 0 Å². The lowest BCUT2D eigenvalue weighted by Crippen LogP contribution is -2.07. The Hall–Kier alpha value is -2.91. The summed E-state index contributed by atoms with van der Waals surface area (Å²) in [7, 11) is 1.74. The normalized spacial score (nSPS) is 9.61. The van der Waals surface area contributed by atoms with E-state index in [9.17, 15) is 0 Å². The molecule has 0 saturated carbocycles. The molecule has 2 heterocycles. The van der Waals surface area contributed by atoms with Crippen molar-refractivity contribution >= 4 is 34.8 Å². The van der Waals surface area contributed by atoms with E-state index in [2.05, 4.69) is 15.1 Å². The van der Waals surface area contributed by atoms with Crippen LogP contribution in [0.2, 0.25) is 0 Å². The Labute approximate surface area is 103 Å². The SMILES string of the molecule is Cn1ncc(N)c1N.Nc1nc(N)c(N)c(N)n1. The second-order valence-electron chi connectivity index (χ2n) is 3.37. The Morgan fingerprint density at radius 3 is 1.72 bits per heavy atom. The molecule has 12 N–H and O–H groups in total. The molecule has 2 aromatic rings. The van der Waals surface area contributed by atoms with Crippen LogP contribution in [-0.4, -0.2) is 19.7 Å². The molecule has 0 aliphatic carbocycles. The number of nitrogen functional groups attached to an aromatic ring is 6. The maximum Gasteiger partial charge on any atom is 0.224 e. The molecule has 0 amide bonds. The van der Waals surface area contributed by atoms with Crippen molar-refractivity contribution in [3.8, 4) is 0 Å². The average Bonchev–Trinajstić information content (AvgIpc) is 2.58. The lowest BCUT2D eigenvalue weighted by molar-refractivity contribution is 0.779. The second kappa shape index (κ2) is 4.95. The fraction of sp³-hybridized carbons (Fsp3) is 0.125. The van der Waals surface area contributed by atoms with Crippen LogP contribution in [0.1, 0.15) is 0 Å². The zero-order valence-corrected chi connectivity index (χ0v) is 9.83. The fourth-order valence-electron chi connectivity index (χ4n) is 0.987. The summed E-state index contributed by atoms with van der Waals surface area (Å²) in [6, 6.07) is 0. The van der Waals surface area contributed by atoms with Gasteiger partial charge in [0.15, 0.2) is 11.6 Å². The van der Waals surface area contributed by atoms with E-state index in [-0.39, 0.29) is 23.3 Å². The Bertz CT molecular complexity index is 502. The van der Waals surface area contributed by atoms with Crippen LogP contribution in [0.5, 0.6) is 0 Å². The highest BCUT2D eigenvalue weighted by molar-refractivity contribution is 5.71. The van der Waals surface area contributed by atoms with Gasteiger partial charge in [0, 0.05) is 7.05 Å². The molecule has 0 aliphatic rings. The zero-order valence-electron chi connectivity index (χ0n) is 9.83. The van der Waals surface area contributed by atoms with E-state index in [0.29, 0.717) is 11.5 Å². The average molecular weight is 252 g/mol. The van der Waals surface area contributed by atoms with Crippen molar-refractivity contribution in [3.05, 3.63) is 6.20 Å². The molecule has 0 aromatic carbocycles. The Morgan fingerprint density at radius 2 is 1.44 bits per heavy atom. The van der Waals surface area contributed by atoms with E-state index in [1.807, 2.05) is 0 Å². The number of hydrogen-bond acceptors (Lipinski definition) is 9. The van der Waals surface area contributed by atoms with Crippen molar-refractivity contribution in [2.24, 2.45) is 7.05 Å². The van der Waals surface area contributed by atoms with Crippen LogP contribution in [-0.2, 0) is 7.05 Å². The van der Waals surface area contributed by atoms with Crippen molar-refractivity contribution < 1.29 is 0 Å². The molecule has 2 aromatic heterocycles. The first-order chi connectivity index (χ1) is 8.32. The largest absolute Gasteiger partial charge is 0.394 e. The molecule has 10 nitrogen and oxygen atoms in total. The van der Waals surface area contributed by atoms with Gasteiger partial charge in [-0.15, -0.1) is 0 Å². The van der Waals surface area contributed by atoms with E-state index < -0.39 is 0 Å². The highest BCUT2D eigenvalue weighted by Gasteiger charge is 2.02. The lowest BCUT2D eigenvalue weighted by Gasteiger charge is -2.01. The van der Waals surface area contributed by atoms with Crippen molar-refractivity contribution in [2.45, 2.75) is 0 Å². The Kier molecular flexibility index (Phi) is 3.62. The molecule has 0 spiro atoms. The summed E-state index contributed by atoms with van der Waals surface area (Å²) in [4.78, 5) is 7.15. The van der Waals surface area contributed by atoms with Crippen LogP contribution in [0.3, 0.4) is 0 Å². The quantitative estimate of drug-likeness (QED) is 0.319. The van der Waals surface area contributed by atoms with Crippen molar-refractivity contribution in [2.75, 3.05) is 34.4 Å². The molecule has 10 heteroatoms. The van der Waals surface area contributed by atoms with Crippen LogP contribution in [0, 0.1) is 0 Å². The molecular formula is C8H16N10. The molecule has 18 heavy (non-hydrogen) atoms. The van der Waals surface area contributed by atoms with Crippen LogP contribution in [0.15, 0.2) is 6.20 Å². The molecule has 0 aliphatic heterocycles. The zero-order chi connectivity index (χ0) is 13.9. The molecular weight excluding hydrogens is 236 g/mol. The molecule has 98 valence electrons. The van der Waals surface area contributed by atoms with Gasteiger partial charge in [0.05, 0.1) is 11.9 Å². The topological polar surface area (TPSA) is 200 Å². The number of aromatic nitrogens is 4. The summed E-state index contributed by atoms with van der Waals surface area (Å²) in [6.07, 6.45) is 1.52. The molecule has 0 atom stereocenters. The summed E-state index contributed by atoms with van der Waals surface area (Å²) in [5, 5.41) is 3.78. The molecule has 0 saturated heterocycles. The first-order valence-corrected chi connectivity index (χ1v) is 4.79. The third-order valence-corrected chi connectivity index (χ3v) is 2.04. The van der Waals surface area contributed by atoms with Crippen LogP contribution < -0.4 is 34.4 Å². The predicted molar refractivity (Wildman–Crippen MR) is 71.7 cm³/mol. The fourth-order valence-corrected chi connectivity index (χ4v) is 0.987. The van der Waals surface area contributed by atoms with Gasteiger partial charge in [-0.3, -0.25) is 4.68 Å². The van der Waals surface area contributed by atoms with Crippen LogP contribution in [0.4, 0.5) is 34.8 Å². The van der Waals surface area contributed by atoms with Gasteiger partial charge in [-0.25, -0.2) is 0 Å². The third kappa shape index (κ3) is 2.81. The second-order valence-corrected chi connectivity index (χ2v) is 3.37. The van der Waals surface area contributed by atoms with Crippen molar-refractivity contribution in [1.82, 2.24) is 19.7 Å². The molecule has 0 bridgehead atoms. The van der Waals surface area contributed by atoms with Crippen molar-refractivity contribution in [1.29, 1.82) is 0 Å². The maximum absolute atomic E-state index is 5.38. The number of nitrogens with zero attached hydrogens (tertiary/aromatic N) is 4. The van der Waals surface area contributed by atoms with E-state index in [1.165, 1.54) is 10.9 Å². The molecule has 0 fully saturated rings. The highest BCUT2D eigenvalue weighted by Crippen LogP contribution is 2.17. The Balaban J connectivity index is 0.000000184. The first-order valence-electron chi connectivity index (χ1n) is 4.79. The first kappa shape index (κ1) is 13.2. The summed E-state index contributed by atoms with van der Waals surface area (Å²) in [6.45, 7) is 0. The number of hydrogen-bond donors (Lipinski definition) is 6. The van der Waals surface area contributed by atoms with E-state index in [1.54, 1.807) is 7.05 Å². The van der Waals surface area contributed by atoms with Gasteiger partial charge >= 0.3 is 0 Å². The lowest BCUT2D eigenvalue weighted by atomic mass is 10.4. The number of aryl methyl sites for hydroxylation is 1. The van der Waals surface area contributed by atoms with Gasteiger partial charge in [-0.2, -0.15) is 15.1 Å². The van der Waals surface area contributed by atoms with E-state index >= 15 is 0 Å². The maximum atomic E-state index is 5.38. The van der Waals surface area contributed by atoms with Crippen LogP contribution in [0.25, 0.3) is 0 Å². The van der Waals surface area contributed by atoms with Crippen molar-refractivity contribution in [3.63, 3.8) is 0 Å². The summed E-state index contributed by atoms with van der Waals surface area (Å²) >= 11 is 0. The predicted octanol–water partition coefficient (Wildman–Crippen LogP) is -1.61. The minimum atomic E-state index is 0.0317. The Morgan fingerprint density at radius 1 is 0.944 bits per heavy atom. The summed E-state index contributed by atoms with van der Waals surface area (Å²) in [5.74, 6) is 0.782. The van der Waals surface area contributed by atoms with Gasteiger partial charge in [0.2, 0.25) is 5.95 Å². The van der Waals surface area contributed by atoms with Gasteiger partial charge in [0.1, 0.15) is 11.5 Å². The highest BCUT2D eigenvalue weighted by atomic mass is 15.3. The minimum absolute atomic E-state index is 0.0317. The standard InChI is InChI=1S/C4H8N6.C4H8N4/c5-1-2(6)9-4(8)10-3(1)7;1-8-4(6)3(5)2-7-8/h5H2,(H6,6,7,8,9,10);2H,5-6H2,1H3. The monoisotopic (exact) mass is 252 g/mol. The van der Waals surface area contributed by atoms with E-state index in [0.717, 1.165) is 0 Å². The molecule has 2 rings (SSSR count). The van der Waals surface area contributed by atoms with Gasteiger partial charge in [-0.1, -0.05) is 0 Å². The van der Waals surface area contributed by atoms with Gasteiger partial charge < -0.3 is 34.4 Å².